The van der Waals surface area contributed by atoms with Crippen molar-refractivity contribution in [1.29, 1.82) is 0 Å². The normalized spacial score (nSPS) is 15.1. The highest BCUT2D eigenvalue weighted by molar-refractivity contribution is 6.08. The first-order valence-electron chi connectivity index (χ1n) is 9.89. The number of nitrogens with one attached hydrogen (secondary N) is 1. The van der Waals surface area contributed by atoms with Crippen LogP contribution in [-0.2, 0) is 12.8 Å². The van der Waals surface area contributed by atoms with E-state index in [0.717, 1.165) is 36.5 Å². The molecule has 2 aromatic carbocycles. The average molecular weight is 387 g/mol. The summed E-state index contributed by atoms with van der Waals surface area (Å²) in [7, 11) is 1.67. The summed E-state index contributed by atoms with van der Waals surface area (Å²) in [4.78, 5) is 19.3. The van der Waals surface area contributed by atoms with Crippen LogP contribution in [0.1, 0.15) is 28.4 Å². The number of carbonyl (C=O) groups excluding carboxylic acids is 1. The number of para-hydroxylation sites is 1. The van der Waals surface area contributed by atoms with Crippen LogP contribution in [0.25, 0.3) is 0 Å². The maximum atomic E-state index is 13.2. The Hall–Kier alpha value is -3.34. The number of ether oxygens (including phenoxy) is 1. The molecule has 5 nitrogen and oxygen atoms in total. The molecule has 1 aromatic heterocycles. The molecule has 0 saturated carbocycles. The molecule has 4 rings (SSSR count). The van der Waals surface area contributed by atoms with Crippen LogP contribution in [0.2, 0.25) is 0 Å². The zero-order valence-electron chi connectivity index (χ0n) is 16.8. The van der Waals surface area contributed by atoms with Crippen molar-refractivity contribution in [3.63, 3.8) is 0 Å². The lowest BCUT2D eigenvalue weighted by atomic mass is 10.1. The fraction of sp³-hybridized carbons (Fsp3) is 0.250. The van der Waals surface area contributed by atoms with E-state index in [1.807, 2.05) is 41.3 Å². The van der Waals surface area contributed by atoms with Crippen LogP contribution in [0, 0.1) is 0 Å². The lowest BCUT2D eigenvalue weighted by Gasteiger charge is -2.23. The molecule has 2 heterocycles. The standard InChI is InChI=1S/C24H25N3O2/c1-17-13-19-5-3-4-6-23(19)27(17)24(28)20-14-21(16-25-15-20)26-12-11-18-7-9-22(29-2)10-8-18/h3-10,14-17,26H,11-13H2,1-2H3. The molecule has 1 unspecified atom stereocenters. The summed E-state index contributed by atoms with van der Waals surface area (Å²) in [5.74, 6) is 0.851. The van der Waals surface area contributed by atoms with Crippen LogP contribution < -0.4 is 15.0 Å². The minimum Gasteiger partial charge on any atom is -0.497 e. The monoisotopic (exact) mass is 387 g/mol. The molecule has 5 heteroatoms. The highest BCUT2D eigenvalue weighted by atomic mass is 16.5. The fourth-order valence-electron chi connectivity index (χ4n) is 3.81. The molecular formula is C24H25N3O2. The minimum atomic E-state index is -0.00578. The molecule has 29 heavy (non-hydrogen) atoms. The quantitative estimate of drug-likeness (QED) is 0.684. The molecule has 0 saturated heterocycles. The van der Waals surface area contributed by atoms with E-state index >= 15 is 0 Å². The van der Waals surface area contributed by atoms with Crippen LogP contribution in [0.15, 0.2) is 67.0 Å². The smallest absolute Gasteiger partial charge is 0.260 e. The lowest BCUT2D eigenvalue weighted by molar-refractivity contribution is 0.0981. The summed E-state index contributed by atoms with van der Waals surface area (Å²) in [6, 6.07) is 18.2. The SMILES string of the molecule is COc1ccc(CCNc2cncc(C(=O)N3c4ccccc4CC3C)c2)cc1. The predicted octanol–water partition coefficient (Wildman–Crippen LogP) is 4.34. The van der Waals surface area contributed by atoms with E-state index in [1.54, 1.807) is 19.5 Å². The van der Waals surface area contributed by atoms with Crippen molar-refractivity contribution in [3.05, 3.63) is 83.7 Å². The third-order valence-corrected chi connectivity index (χ3v) is 5.31. The van der Waals surface area contributed by atoms with Gasteiger partial charge in [-0.1, -0.05) is 30.3 Å². The van der Waals surface area contributed by atoms with E-state index in [0.29, 0.717) is 5.56 Å². The second kappa shape index (κ2) is 8.35. The van der Waals surface area contributed by atoms with Crippen molar-refractivity contribution in [1.82, 2.24) is 4.98 Å². The number of carbonyl (C=O) groups is 1. The van der Waals surface area contributed by atoms with Crippen LogP contribution in [0.4, 0.5) is 11.4 Å². The first-order chi connectivity index (χ1) is 14.2. The van der Waals surface area contributed by atoms with Crippen LogP contribution in [0.3, 0.4) is 0 Å². The van der Waals surface area contributed by atoms with E-state index in [-0.39, 0.29) is 11.9 Å². The maximum absolute atomic E-state index is 13.2. The number of hydrogen-bond acceptors (Lipinski definition) is 4. The van der Waals surface area contributed by atoms with Gasteiger partial charge < -0.3 is 15.0 Å². The summed E-state index contributed by atoms with van der Waals surface area (Å²) in [5, 5.41) is 3.37. The fourth-order valence-corrected chi connectivity index (χ4v) is 3.81. The predicted molar refractivity (Wildman–Crippen MR) is 116 cm³/mol. The highest BCUT2D eigenvalue weighted by Crippen LogP contribution is 2.33. The topological polar surface area (TPSA) is 54.5 Å². The molecule has 0 bridgehead atoms. The van der Waals surface area contributed by atoms with Crippen LogP contribution in [-0.4, -0.2) is 30.6 Å². The second-order valence-electron chi connectivity index (χ2n) is 7.34. The molecule has 0 radical (unpaired) electrons. The Bertz CT molecular complexity index is 1000. The Labute approximate surface area is 171 Å². The number of pyridine rings is 1. The molecule has 1 aliphatic heterocycles. The number of rotatable bonds is 6. The molecule has 0 spiro atoms. The first-order valence-corrected chi connectivity index (χ1v) is 9.89. The first kappa shape index (κ1) is 19.0. The van der Waals surface area contributed by atoms with Crippen molar-refractivity contribution in [2.75, 3.05) is 23.9 Å². The van der Waals surface area contributed by atoms with Gasteiger partial charge in [0.2, 0.25) is 0 Å². The second-order valence-corrected chi connectivity index (χ2v) is 7.34. The summed E-state index contributed by atoms with van der Waals surface area (Å²) < 4.78 is 5.19. The van der Waals surface area contributed by atoms with E-state index in [4.69, 9.17) is 4.74 Å². The van der Waals surface area contributed by atoms with Gasteiger partial charge in [-0.05, 0) is 55.2 Å². The van der Waals surface area contributed by atoms with Crippen molar-refractivity contribution in [2.45, 2.75) is 25.8 Å². The van der Waals surface area contributed by atoms with Gasteiger partial charge in [0, 0.05) is 30.7 Å². The van der Waals surface area contributed by atoms with Crippen LogP contribution >= 0.6 is 0 Å². The van der Waals surface area contributed by atoms with E-state index in [1.165, 1.54) is 11.1 Å². The van der Waals surface area contributed by atoms with Gasteiger partial charge in [-0.15, -0.1) is 0 Å². The number of aromatic nitrogens is 1. The van der Waals surface area contributed by atoms with Gasteiger partial charge in [0.05, 0.1) is 18.4 Å². The molecule has 0 fully saturated rings. The molecule has 0 aliphatic carbocycles. The Balaban J connectivity index is 1.42. The molecule has 1 amide bonds. The zero-order valence-corrected chi connectivity index (χ0v) is 16.8. The van der Waals surface area contributed by atoms with E-state index in [9.17, 15) is 4.79 Å². The molecule has 3 aromatic rings. The van der Waals surface area contributed by atoms with Gasteiger partial charge in [0.1, 0.15) is 5.75 Å². The minimum absolute atomic E-state index is 0.00578. The average Bonchev–Trinajstić information content (AvgIpc) is 3.09. The Morgan fingerprint density at radius 3 is 2.76 bits per heavy atom. The number of amides is 1. The molecule has 1 N–H and O–H groups in total. The summed E-state index contributed by atoms with van der Waals surface area (Å²) in [6.45, 7) is 2.84. The lowest BCUT2D eigenvalue weighted by Crippen LogP contribution is -2.35. The highest BCUT2D eigenvalue weighted by Gasteiger charge is 2.31. The van der Waals surface area contributed by atoms with Gasteiger partial charge in [0.15, 0.2) is 0 Å². The molecular weight excluding hydrogens is 362 g/mol. The van der Waals surface area contributed by atoms with Gasteiger partial charge in [-0.2, -0.15) is 0 Å². The third kappa shape index (κ3) is 4.09. The zero-order chi connectivity index (χ0) is 20.2. The van der Waals surface area contributed by atoms with Crippen LogP contribution in [0.5, 0.6) is 5.75 Å². The number of nitrogens with zero attached hydrogens (tertiary/aromatic N) is 2. The Morgan fingerprint density at radius 1 is 1.17 bits per heavy atom. The third-order valence-electron chi connectivity index (χ3n) is 5.31. The van der Waals surface area contributed by atoms with Crippen molar-refractivity contribution in [2.24, 2.45) is 0 Å². The molecule has 1 atom stereocenters. The Kier molecular flexibility index (Phi) is 5.47. The van der Waals surface area contributed by atoms with Crippen molar-refractivity contribution >= 4 is 17.3 Å². The number of benzene rings is 2. The summed E-state index contributed by atoms with van der Waals surface area (Å²) >= 11 is 0. The van der Waals surface area contributed by atoms with E-state index < -0.39 is 0 Å². The largest absolute Gasteiger partial charge is 0.497 e. The molecule has 148 valence electrons. The van der Waals surface area contributed by atoms with Gasteiger partial charge in [0.25, 0.3) is 5.91 Å². The van der Waals surface area contributed by atoms with E-state index in [2.05, 4.69) is 35.4 Å². The van der Waals surface area contributed by atoms with Crippen molar-refractivity contribution in [3.8, 4) is 5.75 Å². The molecule has 1 aliphatic rings. The number of methoxy groups -OCH3 is 1. The number of fused-ring (bicyclic) bond motifs is 1. The number of hydrogen-bond donors (Lipinski definition) is 1. The Morgan fingerprint density at radius 2 is 1.97 bits per heavy atom. The summed E-state index contributed by atoms with van der Waals surface area (Å²) in [5.41, 5.74) is 4.89. The number of anilines is 2. The van der Waals surface area contributed by atoms with Gasteiger partial charge >= 0.3 is 0 Å². The van der Waals surface area contributed by atoms with Crippen molar-refractivity contribution < 1.29 is 9.53 Å². The summed E-state index contributed by atoms with van der Waals surface area (Å²) in [6.07, 6.45) is 5.16. The maximum Gasteiger partial charge on any atom is 0.260 e. The van der Waals surface area contributed by atoms with Gasteiger partial charge in [-0.3, -0.25) is 9.78 Å². The van der Waals surface area contributed by atoms with Gasteiger partial charge in [-0.25, -0.2) is 0 Å².